The van der Waals surface area contributed by atoms with Gasteiger partial charge in [0.05, 0.1) is 6.42 Å². The molecule has 1 atom stereocenters. The summed E-state index contributed by atoms with van der Waals surface area (Å²) in [6.07, 6.45) is 1.14. The Morgan fingerprint density at radius 2 is 1.80 bits per heavy atom. The molecule has 0 saturated carbocycles. The zero-order valence-corrected chi connectivity index (χ0v) is 13.3. The molecule has 0 heterocycles. The Hall–Kier alpha value is -1.35. The smallest absolute Gasteiger partial charge is 0.304 e. The maximum absolute atomic E-state index is 10.6. The summed E-state index contributed by atoms with van der Waals surface area (Å²) in [4.78, 5) is 12.7. The average molecular weight is 277 g/mol. The van der Waals surface area contributed by atoms with Crippen LogP contribution >= 0.6 is 0 Å². The zero-order chi connectivity index (χ0) is 15.3. The lowest BCUT2D eigenvalue weighted by Gasteiger charge is -2.24. The van der Waals surface area contributed by atoms with Crippen molar-refractivity contribution in [3.63, 3.8) is 0 Å². The molecule has 1 unspecified atom stereocenters. The van der Waals surface area contributed by atoms with Crippen LogP contribution in [0.4, 0.5) is 0 Å². The Labute approximate surface area is 122 Å². The van der Waals surface area contributed by atoms with Gasteiger partial charge in [-0.25, -0.2) is 0 Å². The molecular formula is C17H27NO2. The van der Waals surface area contributed by atoms with Gasteiger partial charge < -0.3 is 10.0 Å². The molecule has 0 spiro atoms. The highest BCUT2D eigenvalue weighted by Gasteiger charge is 2.14. The van der Waals surface area contributed by atoms with E-state index in [0.717, 1.165) is 6.42 Å². The van der Waals surface area contributed by atoms with Crippen LogP contribution in [0.15, 0.2) is 24.3 Å². The third-order valence-electron chi connectivity index (χ3n) is 3.78. The molecule has 1 aromatic carbocycles. The van der Waals surface area contributed by atoms with Gasteiger partial charge in [0.25, 0.3) is 0 Å². The van der Waals surface area contributed by atoms with Gasteiger partial charge in [-0.15, -0.1) is 0 Å². The van der Waals surface area contributed by atoms with Crippen molar-refractivity contribution in [2.45, 2.75) is 52.0 Å². The number of nitrogens with zero attached hydrogens (tertiary/aromatic N) is 1. The number of hydrogen-bond donors (Lipinski definition) is 1. The van der Waals surface area contributed by atoms with Crippen molar-refractivity contribution < 1.29 is 9.90 Å². The van der Waals surface area contributed by atoms with Crippen molar-refractivity contribution in [3.05, 3.63) is 35.4 Å². The average Bonchev–Trinajstić information content (AvgIpc) is 2.35. The molecule has 3 nitrogen and oxygen atoms in total. The molecule has 112 valence electrons. The summed E-state index contributed by atoms with van der Waals surface area (Å²) in [7, 11) is 1.98. The predicted molar refractivity (Wildman–Crippen MR) is 83.2 cm³/mol. The Balaban J connectivity index is 2.57. The van der Waals surface area contributed by atoms with Gasteiger partial charge >= 0.3 is 5.97 Å². The summed E-state index contributed by atoms with van der Waals surface area (Å²) < 4.78 is 0. The second kappa shape index (κ2) is 6.89. The van der Waals surface area contributed by atoms with Crippen LogP contribution in [-0.4, -0.2) is 35.6 Å². The van der Waals surface area contributed by atoms with Crippen LogP contribution in [0.25, 0.3) is 0 Å². The third kappa shape index (κ3) is 5.33. The van der Waals surface area contributed by atoms with Crippen LogP contribution in [0.2, 0.25) is 0 Å². The summed E-state index contributed by atoms with van der Waals surface area (Å²) in [6, 6.07) is 9.10. The Kier molecular flexibility index (Phi) is 5.75. The molecule has 0 aromatic heterocycles. The van der Waals surface area contributed by atoms with Gasteiger partial charge in [-0.05, 0) is 36.9 Å². The van der Waals surface area contributed by atoms with E-state index >= 15 is 0 Å². The summed E-state index contributed by atoms with van der Waals surface area (Å²) in [6.45, 7) is 9.37. The zero-order valence-electron chi connectivity index (χ0n) is 13.3. The van der Waals surface area contributed by atoms with E-state index in [9.17, 15) is 4.79 Å². The monoisotopic (exact) mass is 277 g/mol. The van der Waals surface area contributed by atoms with Crippen molar-refractivity contribution in [3.8, 4) is 0 Å². The highest BCUT2D eigenvalue weighted by molar-refractivity contribution is 5.66. The first kappa shape index (κ1) is 16.7. The van der Waals surface area contributed by atoms with Gasteiger partial charge in [0.2, 0.25) is 0 Å². The predicted octanol–water partition coefficient (Wildman–Crippen LogP) is 3.32. The fourth-order valence-electron chi connectivity index (χ4n) is 2.13. The third-order valence-corrected chi connectivity index (χ3v) is 3.78. The molecule has 0 aliphatic carbocycles. The van der Waals surface area contributed by atoms with Gasteiger partial charge in [0.15, 0.2) is 0 Å². The highest BCUT2D eigenvalue weighted by atomic mass is 16.4. The first-order valence-corrected chi connectivity index (χ1v) is 7.21. The molecule has 0 fully saturated rings. The molecule has 1 N–H and O–H groups in total. The first-order valence-electron chi connectivity index (χ1n) is 7.21. The number of carbonyl (C=O) groups is 1. The van der Waals surface area contributed by atoms with Crippen LogP contribution in [0, 0.1) is 0 Å². The van der Waals surface area contributed by atoms with E-state index in [0.29, 0.717) is 12.6 Å². The van der Waals surface area contributed by atoms with Gasteiger partial charge in [-0.1, -0.05) is 45.0 Å². The number of carboxylic acid groups (broad SMARTS) is 1. The van der Waals surface area contributed by atoms with Crippen molar-refractivity contribution in [2.24, 2.45) is 0 Å². The maximum atomic E-state index is 10.6. The second-order valence-electron chi connectivity index (χ2n) is 6.62. The van der Waals surface area contributed by atoms with Gasteiger partial charge in [0.1, 0.15) is 0 Å². The number of likely N-dealkylation sites (N-methyl/N-ethyl adjacent to an activating group) is 1. The van der Waals surface area contributed by atoms with Crippen LogP contribution < -0.4 is 0 Å². The normalized spacial score (nSPS) is 13.5. The summed E-state index contributed by atoms with van der Waals surface area (Å²) in [5.74, 6) is -0.737. The van der Waals surface area contributed by atoms with E-state index in [1.807, 2.05) is 7.05 Å². The molecule has 0 amide bonds. The molecular weight excluding hydrogens is 250 g/mol. The van der Waals surface area contributed by atoms with Crippen molar-refractivity contribution in [2.75, 3.05) is 13.6 Å². The van der Waals surface area contributed by atoms with E-state index in [1.54, 1.807) is 0 Å². The first-order chi connectivity index (χ1) is 9.20. The van der Waals surface area contributed by atoms with E-state index in [1.165, 1.54) is 11.1 Å². The van der Waals surface area contributed by atoms with Crippen LogP contribution in [-0.2, 0) is 16.6 Å². The van der Waals surface area contributed by atoms with Crippen molar-refractivity contribution in [1.82, 2.24) is 4.90 Å². The largest absolute Gasteiger partial charge is 0.481 e. The lowest BCUT2D eigenvalue weighted by atomic mass is 9.86. The molecule has 3 heteroatoms. The molecule has 0 saturated heterocycles. The molecule has 20 heavy (non-hydrogen) atoms. The van der Waals surface area contributed by atoms with E-state index < -0.39 is 5.97 Å². The molecule has 0 aliphatic rings. The number of benzene rings is 1. The van der Waals surface area contributed by atoms with Crippen LogP contribution in [0.1, 0.15) is 45.2 Å². The summed E-state index contributed by atoms with van der Waals surface area (Å²) in [5, 5.41) is 8.71. The minimum atomic E-state index is -0.737. The lowest BCUT2D eigenvalue weighted by molar-refractivity contribution is -0.137. The number of rotatable bonds is 6. The summed E-state index contributed by atoms with van der Waals surface area (Å²) in [5.41, 5.74) is 2.82. The lowest BCUT2D eigenvalue weighted by Crippen LogP contribution is -2.32. The Bertz CT molecular complexity index is 431. The quantitative estimate of drug-likeness (QED) is 0.867. The fourth-order valence-corrected chi connectivity index (χ4v) is 2.13. The Morgan fingerprint density at radius 1 is 1.25 bits per heavy atom. The second-order valence-corrected chi connectivity index (χ2v) is 6.62. The van der Waals surface area contributed by atoms with E-state index in [2.05, 4.69) is 56.9 Å². The van der Waals surface area contributed by atoms with E-state index in [-0.39, 0.29) is 11.8 Å². The number of aliphatic carboxylic acids is 1. The SMILES string of the molecule is CC(Cc1ccc(C(C)(C)C)cc1)N(C)CCC(=O)O. The minimum absolute atomic E-state index is 0.183. The number of carboxylic acids is 1. The van der Waals surface area contributed by atoms with Crippen LogP contribution in [0.5, 0.6) is 0 Å². The molecule has 1 aromatic rings. The maximum Gasteiger partial charge on any atom is 0.304 e. The van der Waals surface area contributed by atoms with Crippen LogP contribution in [0.3, 0.4) is 0 Å². The fraction of sp³-hybridized carbons (Fsp3) is 0.588. The summed E-state index contributed by atoms with van der Waals surface area (Å²) >= 11 is 0. The van der Waals surface area contributed by atoms with Gasteiger partial charge in [0, 0.05) is 12.6 Å². The minimum Gasteiger partial charge on any atom is -0.481 e. The van der Waals surface area contributed by atoms with Crippen molar-refractivity contribution >= 4 is 5.97 Å². The standard InChI is InChI=1S/C17H27NO2/c1-13(18(5)11-10-16(19)20)12-14-6-8-15(9-7-14)17(2,3)4/h6-9,13H,10-12H2,1-5H3,(H,19,20). The number of hydrogen-bond acceptors (Lipinski definition) is 2. The molecule has 0 aliphatic heterocycles. The Morgan fingerprint density at radius 3 is 2.25 bits per heavy atom. The molecule has 0 bridgehead atoms. The van der Waals surface area contributed by atoms with E-state index in [4.69, 9.17) is 5.11 Å². The topological polar surface area (TPSA) is 40.5 Å². The highest BCUT2D eigenvalue weighted by Crippen LogP contribution is 2.22. The van der Waals surface area contributed by atoms with Crippen molar-refractivity contribution in [1.29, 1.82) is 0 Å². The molecule has 1 rings (SSSR count). The van der Waals surface area contributed by atoms with Gasteiger partial charge in [-0.2, -0.15) is 0 Å². The van der Waals surface area contributed by atoms with Gasteiger partial charge in [-0.3, -0.25) is 4.79 Å². The molecule has 0 radical (unpaired) electrons.